The molecule has 2 aromatic heterocycles. The largest absolute Gasteiger partial charge is 0.492 e. The first-order valence-corrected chi connectivity index (χ1v) is 13.2. The molecule has 5 nitrogen and oxygen atoms in total. The van der Waals surface area contributed by atoms with Gasteiger partial charge in [-0.15, -0.1) is 22.7 Å². The lowest BCUT2D eigenvalue weighted by Gasteiger charge is -2.32. The molecule has 0 spiro atoms. The molecule has 2 saturated carbocycles. The first-order chi connectivity index (χ1) is 16.1. The average Bonchev–Trinajstić information content (AvgIpc) is 3.65. The average molecular weight is 484 g/mol. The van der Waals surface area contributed by atoms with E-state index in [1.54, 1.807) is 12.1 Å². The number of aliphatic hydroxyl groups is 1. The van der Waals surface area contributed by atoms with E-state index in [1.165, 1.54) is 22.7 Å². The summed E-state index contributed by atoms with van der Waals surface area (Å²) in [6.07, 6.45) is 2.99. The number of esters is 1. The molecule has 2 bridgehead atoms. The summed E-state index contributed by atoms with van der Waals surface area (Å²) in [5.41, 5.74) is -1.74. The number of fused-ring (bicyclic) bond motifs is 2. The molecule has 2 aliphatic rings. The Morgan fingerprint density at radius 3 is 2.39 bits per heavy atom. The second-order valence-electron chi connectivity index (χ2n) is 8.98. The van der Waals surface area contributed by atoms with Gasteiger partial charge in [-0.3, -0.25) is 4.90 Å². The lowest BCUT2D eigenvalue weighted by atomic mass is 9.94. The quantitative estimate of drug-likeness (QED) is 0.445. The Morgan fingerprint density at radius 1 is 1.06 bits per heavy atom. The van der Waals surface area contributed by atoms with Gasteiger partial charge in [-0.25, -0.2) is 4.79 Å². The van der Waals surface area contributed by atoms with Gasteiger partial charge >= 0.3 is 5.97 Å². The fourth-order valence-electron chi connectivity index (χ4n) is 5.41. The van der Waals surface area contributed by atoms with Crippen molar-refractivity contribution in [2.24, 2.45) is 11.8 Å². The van der Waals surface area contributed by atoms with Gasteiger partial charge < -0.3 is 14.6 Å². The van der Waals surface area contributed by atoms with Crippen molar-refractivity contribution in [3.63, 3.8) is 0 Å². The van der Waals surface area contributed by atoms with E-state index in [2.05, 4.69) is 11.9 Å². The summed E-state index contributed by atoms with van der Waals surface area (Å²) in [4.78, 5) is 17.0. The summed E-state index contributed by atoms with van der Waals surface area (Å²) in [6.45, 7) is 1.44. The molecule has 1 aromatic carbocycles. The van der Waals surface area contributed by atoms with Gasteiger partial charge in [0.25, 0.3) is 0 Å². The summed E-state index contributed by atoms with van der Waals surface area (Å²) < 4.78 is 12.0. The van der Waals surface area contributed by atoms with E-state index in [4.69, 9.17) is 9.47 Å². The first-order valence-electron chi connectivity index (χ1n) is 11.5. The van der Waals surface area contributed by atoms with Gasteiger partial charge in [0.1, 0.15) is 18.5 Å². The van der Waals surface area contributed by atoms with E-state index >= 15 is 0 Å². The highest BCUT2D eigenvalue weighted by atomic mass is 32.1. The number of nitrogens with zero attached hydrogens (tertiary/aromatic N) is 1. The van der Waals surface area contributed by atoms with Gasteiger partial charge in [-0.2, -0.15) is 0 Å². The topological polar surface area (TPSA) is 59.0 Å². The smallest absolute Gasteiger partial charge is 0.349 e. The van der Waals surface area contributed by atoms with Crippen LogP contribution in [0.5, 0.6) is 5.75 Å². The van der Waals surface area contributed by atoms with E-state index in [1.807, 2.05) is 53.2 Å². The molecule has 0 amide bonds. The third-order valence-corrected chi connectivity index (χ3v) is 9.07. The Hall–Kier alpha value is -2.19. The zero-order chi connectivity index (χ0) is 22.8. The molecule has 7 heteroatoms. The maximum absolute atomic E-state index is 13.4. The molecule has 0 radical (unpaired) electrons. The zero-order valence-electron chi connectivity index (χ0n) is 18.6. The highest BCUT2D eigenvalue weighted by molar-refractivity contribution is 7.12. The molecule has 4 atom stereocenters. The summed E-state index contributed by atoms with van der Waals surface area (Å²) in [5, 5.41) is 15.3. The molecule has 2 fully saturated rings. The van der Waals surface area contributed by atoms with Crippen LogP contribution in [0.1, 0.15) is 29.0 Å². The van der Waals surface area contributed by atoms with Crippen LogP contribution >= 0.6 is 22.7 Å². The number of hydrogen-bond acceptors (Lipinski definition) is 7. The van der Waals surface area contributed by atoms with Gasteiger partial charge in [0.15, 0.2) is 0 Å². The molecule has 174 valence electrons. The monoisotopic (exact) mass is 483 g/mol. The van der Waals surface area contributed by atoms with Crippen LogP contribution in [0.25, 0.3) is 0 Å². The molecule has 0 saturated heterocycles. The number of benzene rings is 1. The highest BCUT2D eigenvalue weighted by Gasteiger charge is 2.54. The van der Waals surface area contributed by atoms with Crippen LogP contribution in [0.15, 0.2) is 65.4 Å². The van der Waals surface area contributed by atoms with Crippen molar-refractivity contribution < 1.29 is 19.4 Å². The Morgan fingerprint density at radius 2 is 1.76 bits per heavy atom. The predicted molar refractivity (Wildman–Crippen MR) is 131 cm³/mol. The van der Waals surface area contributed by atoms with Crippen LogP contribution in [0.2, 0.25) is 0 Å². The number of rotatable bonds is 9. The second-order valence-corrected chi connectivity index (χ2v) is 10.9. The third-order valence-electron chi connectivity index (χ3n) is 7.11. The number of hydrogen-bond donors (Lipinski definition) is 1. The lowest BCUT2D eigenvalue weighted by molar-refractivity contribution is -0.170. The minimum Gasteiger partial charge on any atom is -0.492 e. The predicted octanol–water partition coefficient (Wildman–Crippen LogP) is 4.77. The fourth-order valence-corrected chi connectivity index (χ4v) is 7.13. The van der Waals surface area contributed by atoms with Crippen molar-refractivity contribution in [3.8, 4) is 5.75 Å². The molecule has 0 aliphatic heterocycles. The van der Waals surface area contributed by atoms with Crippen molar-refractivity contribution in [2.75, 3.05) is 20.2 Å². The van der Waals surface area contributed by atoms with E-state index in [0.29, 0.717) is 28.3 Å². The zero-order valence-corrected chi connectivity index (χ0v) is 20.3. The Bertz CT molecular complexity index is 1000. The summed E-state index contributed by atoms with van der Waals surface area (Å²) in [6, 6.07) is 17.5. The first kappa shape index (κ1) is 22.6. The summed E-state index contributed by atoms with van der Waals surface area (Å²) >= 11 is 2.76. The van der Waals surface area contributed by atoms with Crippen LogP contribution < -0.4 is 4.74 Å². The number of likely N-dealkylation sites (N-methyl/N-ethyl adjacent to an activating group) is 1. The number of thiophene rings is 2. The van der Waals surface area contributed by atoms with Crippen molar-refractivity contribution in [1.82, 2.24) is 4.90 Å². The lowest BCUT2D eigenvalue weighted by Crippen LogP contribution is -2.42. The number of ether oxygens (including phenoxy) is 2. The number of carbonyl (C=O) groups is 1. The molecule has 1 N–H and O–H groups in total. The van der Waals surface area contributed by atoms with E-state index in [9.17, 15) is 9.90 Å². The maximum Gasteiger partial charge on any atom is 0.349 e. The van der Waals surface area contributed by atoms with Gasteiger partial charge in [0, 0.05) is 18.5 Å². The van der Waals surface area contributed by atoms with Gasteiger partial charge in [0.05, 0.1) is 9.75 Å². The van der Waals surface area contributed by atoms with Crippen molar-refractivity contribution in [2.45, 2.75) is 37.0 Å². The minimum atomic E-state index is -1.74. The number of para-hydroxylation sites is 1. The Kier molecular flexibility index (Phi) is 6.56. The van der Waals surface area contributed by atoms with Crippen LogP contribution in [-0.2, 0) is 15.1 Å². The molecule has 4 unspecified atom stereocenters. The molecule has 2 aliphatic carbocycles. The molecule has 3 aromatic rings. The fraction of sp³-hybridized carbons (Fsp3) is 0.423. The third kappa shape index (κ3) is 4.35. The van der Waals surface area contributed by atoms with E-state index < -0.39 is 11.6 Å². The standard InChI is InChI=1S/C26H29NO4S2/c1-27(13-14-30-19-7-3-2-4-8-19)21-17-18-11-12-20(21)24(18)31-25(28)26(29,22-9-5-15-32-22)23-10-6-16-33-23/h2-10,15-16,18,20-21,24,29H,11-14,17H2,1H3. The van der Waals surface area contributed by atoms with Crippen LogP contribution in [0.4, 0.5) is 0 Å². The Balaban J connectivity index is 1.24. The highest BCUT2D eigenvalue weighted by Crippen LogP contribution is 2.49. The van der Waals surface area contributed by atoms with E-state index in [-0.39, 0.29) is 12.0 Å². The maximum atomic E-state index is 13.4. The number of carbonyl (C=O) groups excluding carboxylic acids is 1. The molecule has 5 rings (SSSR count). The normalized spacial score (nSPS) is 24.3. The van der Waals surface area contributed by atoms with Crippen molar-refractivity contribution in [3.05, 3.63) is 75.1 Å². The van der Waals surface area contributed by atoms with Crippen LogP contribution in [-0.4, -0.2) is 48.3 Å². The van der Waals surface area contributed by atoms with Gasteiger partial charge in [0.2, 0.25) is 5.60 Å². The van der Waals surface area contributed by atoms with Crippen molar-refractivity contribution >= 4 is 28.6 Å². The van der Waals surface area contributed by atoms with Crippen molar-refractivity contribution in [1.29, 1.82) is 0 Å². The van der Waals surface area contributed by atoms with E-state index in [0.717, 1.165) is 31.6 Å². The van der Waals surface area contributed by atoms with Crippen LogP contribution in [0, 0.1) is 11.8 Å². The molecule has 2 heterocycles. The molecule has 33 heavy (non-hydrogen) atoms. The van der Waals surface area contributed by atoms with Crippen LogP contribution in [0.3, 0.4) is 0 Å². The Labute approximate surface area is 202 Å². The van der Waals surface area contributed by atoms with Gasteiger partial charge in [-0.1, -0.05) is 30.3 Å². The SMILES string of the molecule is CN(CCOc1ccccc1)C1CC2CCC1C2OC(=O)C(O)(c1cccs1)c1cccs1. The van der Waals surface area contributed by atoms with Gasteiger partial charge in [-0.05, 0) is 67.3 Å². The summed E-state index contributed by atoms with van der Waals surface area (Å²) in [5.74, 6) is 0.964. The minimum absolute atomic E-state index is 0.147. The molecular weight excluding hydrogens is 454 g/mol. The molecular formula is C26H29NO4S2. The second kappa shape index (κ2) is 9.58. The summed E-state index contributed by atoms with van der Waals surface area (Å²) in [7, 11) is 2.13.